The Balaban J connectivity index is 2.87. The van der Waals surface area contributed by atoms with E-state index in [4.69, 9.17) is 5.11 Å². The molecule has 0 bridgehead atoms. The van der Waals surface area contributed by atoms with Crippen LogP contribution in [0, 0.1) is 0 Å². The molecule has 0 heterocycles. The lowest BCUT2D eigenvalue weighted by atomic mass is 10.1. The summed E-state index contributed by atoms with van der Waals surface area (Å²) in [7, 11) is 0. The second-order valence-electron chi connectivity index (χ2n) is 5.30. The molecule has 26 heavy (non-hydrogen) atoms. The first-order valence-electron chi connectivity index (χ1n) is 6.96. The van der Waals surface area contributed by atoms with Gasteiger partial charge >= 0.3 is 18.2 Å². The van der Waals surface area contributed by atoms with Crippen LogP contribution in [0.4, 0.5) is 32.4 Å². The fraction of sp³-hybridized carbons (Fsp3) is 0.429. The van der Waals surface area contributed by atoms with Gasteiger partial charge in [-0.25, -0.2) is 18.4 Å². The molecule has 1 aromatic carbocycles. The largest absolute Gasteiger partial charge is 0.487 e. The number of benzene rings is 1. The van der Waals surface area contributed by atoms with Crippen LogP contribution in [0.25, 0.3) is 0 Å². The van der Waals surface area contributed by atoms with E-state index in [1.807, 2.05) is 10.6 Å². The molecule has 7 nitrogen and oxygen atoms in total. The molecule has 2 amide bonds. The summed E-state index contributed by atoms with van der Waals surface area (Å²) in [6.45, 7) is -1.04. The molecule has 1 atom stereocenters. The highest BCUT2D eigenvalue weighted by molar-refractivity contribution is 5.90. The van der Waals surface area contributed by atoms with Gasteiger partial charge in [0.25, 0.3) is 6.43 Å². The van der Waals surface area contributed by atoms with Crippen LogP contribution in [0.15, 0.2) is 18.2 Å². The molecule has 0 aromatic heterocycles. The van der Waals surface area contributed by atoms with E-state index in [1.165, 1.54) is 0 Å². The molecule has 4 N–H and O–H groups in total. The van der Waals surface area contributed by atoms with Crippen LogP contribution in [-0.2, 0) is 11.0 Å². The van der Waals surface area contributed by atoms with Gasteiger partial charge in [-0.2, -0.15) is 13.2 Å². The van der Waals surface area contributed by atoms with E-state index in [0.29, 0.717) is 6.07 Å². The number of carboxylic acids is 1. The Morgan fingerprint density at radius 2 is 1.88 bits per heavy atom. The van der Waals surface area contributed by atoms with Crippen molar-refractivity contribution < 1.29 is 46.5 Å². The predicted molar refractivity (Wildman–Crippen MR) is 78.2 cm³/mol. The first-order valence-corrected chi connectivity index (χ1v) is 6.96. The zero-order valence-electron chi connectivity index (χ0n) is 13.2. The Labute approximate surface area is 143 Å². The van der Waals surface area contributed by atoms with Gasteiger partial charge in [0.2, 0.25) is 0 Å². The second-order valence-corrected chi connectivity index (χ2v) is 5.30. The number of urea groups is 1. The van der Waals surface area contributed by atoms with E-state index in [1.54, 1.807) is 0 Å². The van der Waals surface area contributed by atoms with E-state index < -0.39 is 54.7 Å². The van der Waals surface area contributed by atoms with Crippen molar-refractivity contribution in [2.45, 2.75) is 25.1 Å². The van der Waals surface area contributed by atoms with Crippen molar-refractivity contribution in [1.29, 1.82) is 0 Å². The van der Waals surface area contributed by atoms with Gasteiger partial charge in [-0.05, 0) is 25.1 Å². The Bertz CT molecular complexity index is 664. The van der Waals surface area contributed by atoms with Gasteiger partial charge < -0.3 is 25.6 Å². The topological polar surface area (TPSA) is 108 Å². The number of alkyl halides is 5. The molecule has 0 aliphatic rings. The molecule has 0 saturated carbocycles. The van der Waals surface area contributed by atoms with Crippen LogP contribution in [0.2, 0.25) is 0 Å². The van der Waals surface area contributed by atoms with Crippen LogP contribution in [0.5, 0.6) is 5.75 Å². The van der Waals surface area contributed by atoms with Gasteiger partial charge in [0.1, 0.15) is 12.4 Å². The maximum absolute atomic E-state index is 13.0. The normalized spacial score (nSPS) is 13.8. The van der Waals surface area contributed by atoms with E-state index in [0.717, 1.165) is 19.1 Å². The zero-order chi connectivity index (χ0) is 20.1. The maximum Gasteiger partial charge on any atom is 0.420 e. The van der Waals surface area contributed by atoms with E-state index in [2.05, 4.69) is 4.74 Å². The van der Waals surface area contributed by atoms with Crippen molar-refractivity contribution in [3.63, 3.8) is 0 Å². The number of amides is 2. The number of ether oxygens (including phenoxy) is 1. The fourth-order valence-electron chi connectivity index (χ4n) is 1.61. The number of carbonyl (C=O) groups is 2. The van der Waals surface area contributed by atoms with Crippen LogP contribution < -0.4 is 15.4 Å². The number of aliphatic carboxylic acids is 1. The summed E-state index contributed by atoms with van der Waals surface area (Å²) in [6, 6.07) is 1.12. The molecule has 1 aromatic rings. The first kappa shape index (κ1) is 21.4. The lowest BCUT2D eigenvalue weighted by Gasteiger charge is -2.19. The van der Waals surface area contributed by atoms with Gasteiger partial charge in [0, 0.05) is 5.69 Å². The average molecular weight is 386 g/mol. The molecule has 146 valence electrons. The Kier molecular flexibility index (Phi) is 6.73. The van der Waals surface area contributed by atoms with Gasteiger partial charge in [-0.3, -0.25) is 0 Å². The quantitative estimate of drug-likeness (QED) is 0.538. The SMILES string of the molecule is CC(O)(CNC(=O)Nc1ccc(OCC(F)F)c(C(F)(F)F)c1)C(=O)O. The minimum atomic E-state index is -4.93. The minimum Gasteiger partial charge on any atom is -0.487 e. The summed E-state index contributed by atoms with van der Waals surface area (Å²) in [4.78, 5) is 22.3. The first-order chi connectivity index (χ1) is 11.8. The highest BCUT2D eigenvalue weighted by Gasteiger charge is 2.35. The van der Waals surface area contributed by atoms with E-state index in [9.17, 15) is 36.6 Å². The molecule has 0 aliphatic heterocycles. The van der Waals surface area contributed by atoms with Crippen molar-refractivity contribution in [3.8, 4) is 5.75 Å². The van der Waals surface area contributed by atoms with Gasteiger partial charge in [-0.1, -0.05) is 0 Å². The lowest BCUT2D eigenvalue weighted by molar-refractivity contribution is -0.155. The molecule has 12 heteroatoms. The molecule has 0 saturated heterocycles. The number of nitrogens with one attached hydrogen (secondary N) is 2. The summed E-state index contributed by atoms with van der Waals surface area (Å²) in [5.74, 6) is -2.45. The third-order valence-electron chi connectivity index (χ3n) is 2.96. The number of anilines is 1. The summed E-state index contributed by atoms with van der Waals surface area (Å²) >= 11 is 0. The lowest BCUT2D eigenvalue weighted by Crippen LogP contribution is -2.47. The Hall–Kier alpha value is -2.63. The molecular formula is C14H15F5N2O5. The zero-order valence-corrected chi connectivity index (χ0v) is 13.2. The third kappa shape index (κ3) is 6.35. The van der Waals surface area contributed by atoms with Crippen LogP contribution >= 0.6 is 0 Å². The van der Waals surface area contributed by atoms with E-state index >= 15 is 0 Å². The highest BCUT2D eigenvalue weighted by atomic mass is 19.4. The second kappa shape index (κ2) is 8.17. The number of hydrogen-bond donors (Lipinski definition) is 4. The number of carboxylic acid groups (broad SMARTS) is 1. The van der Waals surface area contributed by atoms with Crippen LogP contribution in [0.3, 0.4) is 0 Å². The number of hydrogen-bond acceptors (Lipinski definition) is 4. The highest BCUT2D eigenvalue weighted by Crippen LogP contribution is 2.38. The maximum atomic E-state index is 13.0. The van der Waals surface area contributed by atoms with E-state index in [-0.39, 0.29) is 5.69 Å². The fourth-order valence-corrected chi connectivity index (χ4v) is 1.61. The summed E-state index contributed by atoms with van der Waals surface area (Å²) < 4.78 is 67.6. The molecule has 0 aliphatic carbocycles. The standard InChI is InChI=1S/C14H15F5N2O5/c1-13(25,11(22)23)6-20-12(24)21-7-2-3-9(26-5-10(15)16)8(4-7)14(17,18)19/h2-4,10,25H,5-6H2,1H3,(H,22,23)(H2,20,21,24). The number of rotatable bonds is 7. The molecule has 1 rings (SSSR count). The van der Waals surface area contributed by atoms with Gasteiger partial charge in [-0.15, -0.1) is 0 Å². The van der Waals surface area contributed by atoms with Crippen molar-refractivity contribution in [2.24, 2.45) is 0 Å². The molecule has 0 radical (unpaired) electrons. The average Bonchev–Trinajstić information content (AvgIpc) is 2.50. The summed E-state index contributed by atoms with van der Waals surface area (Å²) in [5.41, 5.74) is -4.01. The monoisotopic (exact) mass is 386 g/mol. The number of aliphatic hydroxyl groups is 1. The molecule has 1 unspecified atom stereocenters. The Morgan fingerprint density at radius 1 is 1.27 bits per heavy atom. The summed E-state index contributed by atoms with van der Waals surface area (Å²) in [5, 5.41) is 22.1. The molecule has 0 fully saturated rings. The minimum absolute atomic E-state index is 0.353. The van der Waals surface area contributed by atoms with Crippen molar-refractivity contribution in [1.82, 2.24) is 5.32 Å². The van der Waals surface area contributed by atoms with Gasteiger partial charge in [0.15, 0.2) is 5.60 Å². The van der Waals surface area contributed by atoms with Crippen molar-refractivity contribution in [3.05, 3.63) is 23.8 Å². The van der Waals surface area contributed by atoms with Crippen LogP contribution in [0.1, 0.15) is 12.5 Å². The van der Waals surface area contributed by atoms with Gasteiger partial charge in [0.05, 0.1) is 12.1 Å². The third-order valence-corrected chi connectivity index (χ3v) is 2.96. The number of halogens is 5. The van der Waals surface area contributed by atoms with Crippen LogP contribution in [-0.4, -0.2) is 47.4 Å². The molecule has 0 spiro atoms. The number of carbonyl (C=O) groups excluding carboxylic acids is 1. The molecular weight excluding hydrogens is 371 g/mol. The Morgan fingerprint density at radius 3 is 2.38 bits per heavy atom. The van der Waals surface area contributed by atoms with Crippen molar-refractivity contribution in [2.75, 3.05) is 18.5 Å². The van der Waals surface area contributed by atoms with Crippen molar-refractivity contribution >= 4 is 17.7 Å². The smallest absolute Gasteiger partial charge is 0.420 e. The predicted octanol–water partition coefficient (Wildman–Crippen LogP) is 2.31. The summed E-state index contributed by atoms with van der Waals surface area (Å²) in [6.07, 6.45) is -7.90.